The summed E-state index contributed by atoms with van der Waals surface area (Å²) in [4.78, 5) is 30.1. The van der Waals surface area contributed by atoms with Crippen molar-refractivity contribution in [1.29, 1.82) is 0 Å². The van der Waals surface area contributed by atoms with E-state index >= 15 is 0 Å². The molecule has 1 saturated heterocycles. The minimum atomic E-state index is -4.05. The number of hydrogen-bond donors (Lipinski definition) is 0. The maximum Gasteiger partial charge on any atom is 0.326 e. The first-order chi connectivity index (χ1) is 17.7. The molecule has 10 nitrogen and oxygen atoms in total. The summed E-state index contributed by atoms with van der Waals surface area (Å²) in [5, 5.41) is 0. The second-order valence-corrected chi connectivity index (χ2v) is 11.0. The van der Waals surface area contributed by atoms with Gasteiger partial charge in [-0.25, -0.2) is 12.8 Å². The molecule has 2 heterocycles. The number of nitrogens with zero attached hydrogens (tertiary/aromatic N) is 3. The van der Waals surface area contributed by atoms with Crippen molar-refractivity contribution in [2.75, 3.05) is 27.4 Å². The maximum atomic E-state index is 13.3. The van der Waals surface area contributed by atoms with Crippen molar-refractivity contribution >= 4 is 43.5 Å². The van der Waals surface area contributed by atoms with E-state index < -0.39 is 33.8 Å². The highest BCUT2D eigenvalue weighted by atomic mass is 32.2. The van der Waals surface area contributed by atoms with Crippen LogP contribution in [-0.2, 0) is 30.9 Å². The highest BCUT2D eigenvalue weighted by Gasteiger charge is 2.39. The lowest BCUT2D eigenvalue weighted by molar-refractivity contribution is -0.143. The Morgan fingerprint density at radius 1 is 1.14 bits per heavy atom. The molecule has 2 aromatic carbocycles. The van der Waals surface area contributed by atoms with Gasteiger partial charge in [0.15, 0.2) is 16.3 Å². The standard InChI is InChI=1S/C24H26FN3O7S2/c1-4-35-22(29)14-27-18-12-19(33-2)20(34-3)13-21(18)36-24(27)26-23(30)17-6-5-11-28(17)37(31,32)16-9-7-15(25)8-10-16/h7-10,12-13,17H,4-6,11,14H2,1-3H3. The van der Waals surface area contributed by atoms with E-state index in [-0.39, 0.29) is 35.8 Å². The summed E-state index contributed by atoms with van der Waals surface area (Å²) in [7, 11) is -1.07. The third-order valence-electron chi connectivity index (χ3n) is 5.90. The molecule has 198 valence electrons. The largest absolute Gasteiger partial charge is 0.493 e. The van der Waals surface area contributed by atoms with Crippen molar-refractivity contribution in [3.63, 3.8) is 0 Å². The summed E-state index contributed by atoms with van der Waals surface area (Å²) < 4.78 is 58.9. The van der Waals surface area contributed by atoms with E-state index in [1.165, 1.54) is 30.9 Å². The summed E-state index contributed by atoms with van der Waals surface area (Å²) in [6.07, 6.45) is 0.753. The fourth-order valence-electron chi connectivity index (χ4n) is 4.16. The number of aromatic nitrogens is 1. The highest BCUT2D eigenvalue weighted by Crippen LogP contribution is 2.33. The summed E-state index contributed by atoms with van der Waals surface area (Å²) in [6, 6.07) is 6.81. The molecule has 1 amide bonds. The van der Waals surface area contributed by atoms with Gasteiger partial charge in [-0.1, -0.05) is 11.3 Å². The van der Waals surface area contributed by atoms with Crippen LogP contribution in [0.4, 0.5) is 4.39 Å². The molecule has 1 aromatic heterocycles. The van der Waals surface area contributed by atoms with Gasteiger partial charge in [-0.15, -0.1) is 0 Å². The van der Waals surface area contributed by atoms with Crippen molar-refractivity contribution in [1.82, 2.24) is 8.87 Å². The van der Waals surface area contributed by atoms with Gasteiger partial charge in [-0.3, -0.25) is 9.59 Å². The number of benzene rings is 2. The Morgan fingerprint density at radius 2 is 1.81 bits per heavy atom. The number of amides is 1. The number of carbonyl (C=O) groups is 2. The van der Waals surface area contributed by atoms with Crippen molar-refractivity contribution in [3.8, 4) is 11.5 Å². The number of hydrogen-bond acceptors (Lipinski definition) is 8. The first kappa shape index (κ1) is 26.8. The number of fused-ring (bicyclic) bond motifs is 1. The molecule has 3 aromatic rings. The molecule has 1 aliphatic heterocycles. The molecule has 0 spiro atoms. The van der Waals surface area contributed by atoms with E-state index in [1.807, 2.05) is 0 Å². The van der Waals surface area contributed by atoms with E-state index in [4.69, 9.17) is 14.2 Å². The second-order valence-electron chi connectivity index (χ2n) is 8.13. The number of thiazole rings is 1. The van der Waals surface area contributed by atoms with Gasteiger partial charge in [-0.05, 0) is 44.0 Å². The minimum absolute atomic E-state index is 0.105. The van der Waals surface area contributed by atoms with E-state index in [1.54, 1.807) is 19.1 Å². The average molecular weight is 552 g/mol. The van der Waals surface area contributed by atoms with E-state index in [0.29, 0.717) is 28.1 Å². The third-order valence-corrected chi connectivity index (χ3v) is 8.86. The molecule has 0 aliphatic carbocycles. The van der Waals surface area contributed by atoms with E-state index in [2.05, 4.69) is 4.99 Å². The molecular formula is C24H26FN3O7S2. The normalized spacial score (nSPS) is 16.8. The number of carbonyl (C=O) groups excluding carboxylic acids is 2. The molecule has 4 rings (SSSR count). The van der Waals surface area contributed by atoms with Gasteiger partial charge in [0.2, 0.25) is 10.0 Å². The lowest BCUT2D eigenvalue weighted by Gasteiger charge is -2.21. The van der Waals surface area contributed by atoms with Crippen LogP contribution in [0, 0.1) is 5.82 Å². The summed E-state index contributed by atoms with van der Waals surface area (Å²) in [6.45, 7) is 1.79. The van der Waals surface area contributed by atoms with Gasteiger partial charge >= 0.3 is 5.97 Å². The second kappa shape index (κ2) is 11.0. The molecule has 0 saturated carbocycles. The summed E-state index contributed by atoms with van der Waals surface area (Å²) in [5.41, 5.74) is 0.574. The van der Waals surface area contributed by atoms with Crippen LogP contribution in [0.25, 0.3) is 10.2 Å². The topological polar surface area (TPSA) is 116 Å². The zero-order chi connectivity index (χ0) is 26.7. The van der Waals surface area contributed by atoms with Gasteiger partial charge in [0.1, 0.15) is 18.4 Å². The quantitative estimate of drug-likeness (QED) is 0.395. The van der Waals surface area contributed by atoms with Crippen LogP contribution >= 0.6 is 11.3 Å². The van der Waals surface area contributed by atoms with Crippen molar-refractivity contribution in [3.05, 3.63) is 47.0 Å². The maximum absolute atomic E-state index is 13.3. The minimum Gasteiger partial charge on any atom is -0.493 e. The molecule has 1 unspecified atom stereocenters. The lowest BCUT2D eigenvalue weighted by Crippen LogP contribution is -2.40. The van der Waals surface area contributed by atoms with Crippen LogP contribution in [0.1, 0.15) is 19.8 Å². The van der Waals surface area contributed by atoms with Gasteiger partial charge < -0.3 is 18.8 Å². The summed E-state index contributed by atoms with van der Waals surface area (Å²) in [5.74, 6) is -0.855. The number of sulfonamides is 1. The molecule has 0 radical (unpaired) electrons. The van der Waals surface area contributed by atoms with Crippen LogP contribution in [0.15, 0.2) is 46.3 Å². The number of rotatable bonds is 8. The predicted octanol–water partition coefficient (Wildman–Crippen LogP) is 2.70. The lowest BCUT2D eigenvalue weighted by atomic mass is 10.2. The SMILES string of the molecule is CCOC(=O)Cn1c(=NC(=O)C2CCCN2S(=O)(=O)c2ccc(F)cc2)sc2cc(OC)c(OC)cc21. The van der Waals surface area contributed by atoms with Crippen LogP contribution in [-0.4, -0.2) is 62.6 Å². The van der Waals surface area contributed by atoms with Crippen molar-refractivity contribution < 1.29 is 36.6 Å². The van der Waals surface area contributed by atoms with Crippen LogP contribution in [0.3, 0.4) is 0 Å². The van der Waals surface area contributed by atoms with Gasteiger partial charge in [-0.2, -0.15) is 9.30 Å². The molecule has 13 heteroatoms. The highest BCUT2D eigenvalue weighted by molar-refractivity contribution is 7.89. The predicted molar refractivity (Wildman–Crippen MR) is 133 cm³/mol. The molecule has 1 fully saturated rings. The molecule has 1 atom stereocenters. The van der Waals surface area contributed by atoms with Crippen LogP contribution in [0.2, 0.25) is 0 Å². The van der Waals surface area contributed by atoms with Gasteiger partial charge in [0, 0.05) is 18.7 Å². The van der Waals surface area contributed by atoms with Crippen LogP contribution in [0.5, 0.6) is 11.5 Å². The molecular weight excluding hydrogens is 525 g/mol. The Hall–Kier alpha value is -3.29. The van der Waals surface area contributed by atoms with Gasteiger partial charge in [0.25, 0.3) is 5.91 Å². The Bertz CT molecular complexity index is 1500. The Balaban J connectivity index is 1.77. The third kappa shape index (κ3) is 5.38. The van der Waals surface area contributed by atoms with Gasteiger partial charge in [0.05, 0.1) is 35.9 Å². The van der Waals surface area contributed by atoms with Crippen LogP contribution < -0.4 is 14.3 Å². The average Bonchev–Trinajstić information content (AvgIpc) is 3.49. The fourth-order valence-corrected chi connectivity index (χ4v) is 6.85. The Labute approximate surface area is 216 Å². The van der Waals surface area contributed by atoms with E-state index in [0.717, 1.165) is 27.8 Å². The van der Waals surface area contributed by atoms with E-state index in [9.17, 15) is 22.4 Å². The zero-order valence-electron chi connectivity index (χ0n) is 20.5. The monoisotopic (exact) mass is 551 g/mol. The number of halogens is 1. The number of ether oxygens (including phenoxy) is 3. The molecule has 0 bridgehead atoms. The van der Waals surface area contributed by atoms with Crippen molar-refractivity contribution in [2.45, 2.75) is 37.2 Å². The Morgan fingerprint density at radius 3 is 2.46 bits per heavy atom. The first-order valence-electron chi connectivity index (χ1n) is 11.5. The molecule has 37 heavy (non-hydrogen) atoms. The zero-order valence-corrected chi connectivity index (χ0v) is 22.1. The first-order valence-corrected chi connectivity index (χ1v) is 13.7. The fraction of sp³-hybridized carbons (Fsp3) is 0.375. The number of methoxy groups -OCH3 is 2. The number of esters is 1. The molecule has 1 aliphatic rings. The molecule has 0 N–H and O–H groups in total. The summed E-state index contributed by atoms with van der Waals surface area (Å²) >= 11 is 1.15. The van der Waals surface area contributed by atoms with Crippen molar-refractivity contribution in [2.24, 2.45) is 4.99 Å². The smallest absolute Gasteiger partial charge is 0.326 e. The Kier molecular flexibility index (Phi) is 7.95.